The van der Waals surface area contributed by atoms with Gasteiger partial charge in [0.2, 0.25) is 11.8 Å². The topological polar surface area (TPSA) is 163 Å². The minimum atomic E-state index is -0.944. The van der Waals surface area contributed by atoms with Gasteiger partial charge in [-0.25, -0.2) is 0 Å². The van der Waals surface area contributed by atoms with Crippen molar-refractivity contribution in [3.8, 4) is 0 Å². The summed E-state index contributed by atoms with van der Waals surface area (Å²) in [6, 6.07) is 0. The molecule has 0 radical (unpaired) electrons. The van der Waals surface area contributed by atoms with Crippen molar-refractivity contribution in [1.82, 2.24) is 6.15 Å². The number of carbonyl (C=O) groups excluding carboxylic acids is 3. The molecule has 0 rings (SSSR count). The Morgan fingerprint density at radius 1 is 0.615 bits per heavy atom. The molecule has 0 aromatic rings. The molecule has 0 saturated heterocycles. The average molecular weight is 374 g/mol. The van der Waals surface area contributed by atoms with Gasteiger partial charge in [-0.05, 0) is 19.3 Å². The molecule has 0 unspecified atom stereocenters. The Balaban J connectivity index is 0. The molecule has 26 heavy (non-hydrogen) atoms. The van der Waals surface area contributed by atoms with Gasteiger partial charge in [-0.3, -0.25) is 9.59 Å². The van der Waals surface area contributed by atoms with E-state index in [-0.39, 0.29) is 12.6 Å². The first kappa shape index (κ1) is 26.6. The molecule has 0 aliphatic carbocycles. The number of quaternary nitrogens is 1. The fraction of sp³-hybridized carbons (Fsp3) is 0.842. The van der Waals surface area contributed by atoms with E-state index < -0.39 is 23.7 Å². The van der Waals surface area contributed by atoms with Crippen LogP contribution in [-0.4, -0.2) is 17.8 Å². The minimum Gasteiger partial charge on any atom is -0.550 e. The molecule has 0 aliphatic rings. The van der Waals surface area contributed by atoms with Crippen LogP contribution in [-0.2, 0) is 14.4 Å². The van der Waals surface area contributed by atoms with E-state index in [2.05, 4.69) is 0 Å². The lowest BCUT2D eigenvalue weighted by Gasteiger charge is -2.08. The molecule has 0 atom stereocenters. The first-order valence-electron chi connectivity index (χ1n) is 9.73. The summed E-state index contributed by atoms with van der Waals surface area (Å²) in [4.78, 5) is 32.3. The highest BCUT2D eigenvalue weighted by atomic mass is 16.4. The number of rotatable bonds is 18. The van der Waals surface area contributed by atoms with Gasteiger partial charge < -0.3 is 27.5 Å². The van der Waals surface area contributed by atoms with Gasteiger partial charge in [0.05, 0.1) is 0 Å². The van der Waals surface area contributed by atoms with Gasteiger partial charge in [-0.15, -0.1) is 0 Å². The Bertz CT molecular complexity index is 375. The van der Waals surface area contributed by atoms with Crippen LogP contribution in [0.5, 0.6) is 0 Å². The number of hydrogen-bond acceptors (Lipinski definition) is 4. The predicted octanol–water partition coefficient (Wildman–Crippen LogP) is 2.55. The van der Waals surface area contributed by atoms with E-state index in [1.54, 1.807) is 0 Å². The summed E-state index contributed by atoms with van der Waals surface area (Å²) in [5, 5.41) is 10.3. The average Bonchev–Trinajstić information content (AvgIpc) is 2.53. The molecule has 0 aromatic carbocycles. The van der Waals surface area contributed by atoms with Gasteiger partial charge in [0, 0.05) is 5.97 Å². The predicted molar refractivity (Wildman–Crippen MR) is 102 cm³/mol. The van der Waals surface area contributed by atoms with Gasteiger partial charge in [0.25, 0.3) is 0 Å². The van der Waals surface area contributed by atoms with E-state index in [1.807, 2.05) is 0 Å². The number of carboxylic acids is 1. The van der Waals surface area contributed by atoms with Crippen molar-refractivity contribution in [2.24, 2.45) is 17.4 Å². The third-order valence-electron chi connectivity index (χ3n) is 4.56. The maximum absolute atomic E-state index is 11.0. The third kappa shape index (κ3) is 17.2. The van der Waals surface area contributed by atoms with Gasteiger partial charge >= 0.3 is 0 Å². The molecular formula is C19H39N3O4. The molecule has 7 nitrogen and oxygen atoms in total. The van der Waals surface area contributed by atoms with Crippen molar-refractivity contribution in [2.75, 3.05) is 0 Å². The number of nitrogens with two attached hydrogens (primary N) is 2. The smallest absolute Gasteiger partial charge is 0.229 e. The molecule has 0 heterocycles. The SMILES string of the molecule is NC(=O)C(CCCCCCCCCCCCCCCC(=O)[O-])C(N)=O.[NH4+]. The number of hydrogen-bond donors (Lipinski definition) is 3. The molecule has 154 valence electrons. The van der Waals surface area contributed by atoms with E-state index >= 15 is 0 Å². The largest absolute Gasteiger partial charge is 0.550 e. The molecule has 0 spiro atoms. The van der Waals surface area contributed by atoms with Crippen molar-refractivity contribution in [3.05, 3.63) is 0 Å². The highest BCUT2D eigenvalue weighted by Gasteiger charge is 2.20. The summed E-state index contributed by atoms with van der Waals surface area (Å²) < 4.78 is 0. The lowest BCUT2D eigenvalue weighted by molar-refractivity contribution is -0.305. The van der Waals surface area contributed by atoms with Crippen molar-refractivity contribution in [2.45, 2.75) is 96.3 Å². The van der Waals surface area contributed by atoms with Crippen LogP contribution in [0.25, 0.3) is 0 Å². The zero-order valence-corrected chi connectivity index (χ0v) is 16.5. The first-order chi connectivity index (χ1) is 11.9. The molecule has 2 amide bonds. The highest BCUT2D eigenvalue weighted by molar-refractivity contribution is 5.98. The fourth-order valence-corrected chi connectivity index (χ4v) is 2.99. The maximum atomic E-state index is 11.0. The Morgan fingerprint density at radius 3 is 1.23 bits per heavy atom. The summed E-state index contributed by atoms with van der Waals surface area (Å²) in [7, 11) is 0. The summed E-state index contributed by atoms with van der Waals surface area (Å²) in [5.41, 5.74) is 10.3. The normalized spacial score (nSPS) is 10.5. The number of aliphatic carboxylic acids is 1. The molecule has 0 saturated carbocycles. The molecule has 7 heteroatoms. The van der Waals surface area contributed by atoms with E-state index in [0.29, 0.717) is 6.42 Å². The van der Waals surface area contributed by atoms with Gasteiger partial charge in [-0.2, -0.15) is 0 Å². The second-order valence-electron chi connectivity index (χ2n) is 6.86. The zero-order valence-electron chi connectivity index (χ0n) is 16.5. The fourth-order valence-electron chi connectivity index (χ4n) is 2.99. The Kier molecular flexibility index (Phi) is 18.6. The Morgan fingerprint density at radius 2 is 0.923 bits per heavy atom. The lowest BCUT2D eigenvalue weighted by Crippen LogP contribution is -2.34. The summed E-state index contributed by atoms with van der Waals surface area (Å²) >= 11 is 0. The highest BCUT2D eigenvalue weighted by Crippen LogP contribution is 2.14. The molecule has 0 fully saturated rings. The quantitative estimate of drug-likeness (QED) is 0.248. The maximum Gasteiger partial charge on any atom is 0.229 e. The van der Waals surface area contributed by atoms with Gasteiger partial charge in [-0.1, -0.05) is 77.0 Å². The standard InChI is InChI=1S/C19H36N2O4.H3N/c20-18(24)16(19(21)25)14-12-10-8-6-4-2-1-3-5-7-9-11-13-15-17(22)23;/h16H,1-15H2,(H2,20,24)(H2,21,25)(H,22,23);1H3. The van der Waals surface area contributed by atoms with Crippen LogP contribution in [0, 0.1) is 5.92 Å². The van der Waals surface area contributed by atoms with Crippen molar-refractivity contribution in [3.63, 3.8) is 0 Å². The number of carbonyl (C=O) groups is 3. The van der Waals surface area contributed by atoms with Crippen LogP contribution >= 0.6 is 0 Å². The van der Waals surface area contributed by atoms with Crippen molar-refractivity contribution >= 4 is 17.8 Å². The zero-order chi connectivity index (χ0) is 18.9. The molecule has 0 aromatic heterocycles. The van der Waals surface area contributed by atoms with E-state index in [9.17, 15) is 19.5 Å². The summed E-state index contributed by atoms with van der Waals surface area (Å²) in [5.74, 6) is -3.00. The van der Waals surface area contributed by atoms with E-state index in [1.165, 1.54) is 44.9 Å². The number of carboxylic acid groups (broad SMARTS) is 1. The first-order valence-corrected chi connectivity index (χ1v) is 9.73. The van der Waals surface area contributed by atoms with Crippen molar-refractivity contribution in [1.29, 1.82) is 0 Å². The van der Waals surface area contributed by atoms with Crippen LogP contribution in [0.15, 0.2) is 0 Å². The van der Waals surface area contributed by atoms with Crippen LogP contribution in [0.4, 0.5) is 0 Å². The van der Waals surface area contributed by atoms with Gasteiger partial charge in [0.15, 0.2) is 0 Å². The second kappa shape index (κ2) is 18.2. The molecule has 0 bridgehead atoms. The van der Waals surface area contributed by atoms with Crippen LogP contribution in [0.2, 0.25) is 0 Å². The van der Waals surface area contributed by atoms with Crippen LogP contribution in [0.1, 0.15) is 96.3 Å². The monoisotopic (exact) mass is 373 g/mol. The number of primary amides is 2. The lowest BCUT2D eigenvalue weighted by atomic mass is 9.99. The van der Waals surface area contributed by atoms with Crippen LogP contribution < -0.4 is 22.7 Å². The molecule has 8 N–H and O–H groups in total. The number of unbranched alkanes of at least 4 members (excludes halogenated alkanes) is 12. The molecular weight excluding hydrogens is 334 g/mol. The minimum absolute atomic E-state index is 0. The Hall–Kier alpha value is -1.63. The van der Waals surface area contributed by atoms with E-state index in [0.717, 1.165) is 38.5 Å². The van der Waals surface area contributed by atoms with Crippen LogP contribution in [0.3, 0.4) is 0 Å². The van der Waals surface area contributed by atoms with Gasteiger partial charge in [0.1, 0.15) is 5.92 Å². The Labute approximate surface area is 157 Å². The number of amides is 2. The van der Waals surface area contributed by atoms with E-state index in [4.69, 9.17) is 11.5 Å². The second-order valence-corrected chi connectivity index (χ2v) is 6.86. The summed E-state index contributed by atoms with van der Waals surface area (Å²) in [6.45, 7) is 0. The summed E-state index contributed by atoms with van der Waals surface area (Å²) in [6.07, 6.45) is 15.0. The van der Waals surface area contributed by atoms with Crippen molar-refractivity contribution < 1.29 is 19.5 Å². The molecule has 0 aliphatic heterocycles. The third-order valence-corrected chi connectivity index (χ3v) is 4.56.